The number of imidazole rings is 1. The van der Waals surface area contributed by atoms with E-state index in [2.05, 4.69) is 49.9 Å². The van der Waals surface area contributed by atoms with Crippen LogP contribution in [0.2, 0.25) is 0 Å². The molecule has 3 aromatic heterocycles. The van der Waals surface area contributed by atoms with E-state index in [0.717, 1.165) is 46.5 Å². The number of aryl methyl sites for hydroxylation is 1. The monoisotopic (exact) mass is 386 g/mol. The van der Waals surface area contributed by atoms with E-state index >= 15 is 0 Å². The van der Waals surface area contributed by atoms with Crippen LogP contribution in [0.15, 0.2) is 61.3 Å². The molecule has 0 unspecified atom stereocenters. The fourth-order valence-corrected chi connectivity index (χ4v) is 3.37. The molecule has 0 aliphatic carbocycles. The highest BCUT2D eigenvalue weighted by molar-refractivity contribution is 5.88. The van der Waals surface area contributed by atoms with Gasteiger partial charge < -0.3 is 19.9 Å². The molecule has 0 spiro atoms. The van der Waals surface area contributed by atoms with Crippen LogP contribution in [-0.4, -0.2) is 38.7 Å². The van der Waals surface area contributed by atoms with Gasteiger partial charge in [0.15, 0.2) is 0 Å². The van der Waals surface area contributed by atoms with Crippen LogP contribution in [0.1, 0.15) is 5.56 Å². The van der Waals surface area contributed by atoms with Crippen molar-refractivity contribution in [3.8, 4) is 17.1 Å². The zero-order valence-corrected chi connectivity index (χ0v) is 16.2. The van der Waals surface area contributed by atoms with Crippen LogP contribution < -0.4 is 15.4 Å². The summed E-state index contributed by atoms with van der Waals surface area (Å²) in [5, 5.41) is 8.84. The third-order valence-electron chi connectivity index (χ3n) is 5.14. The first-order valence-corrected chi connectivity index (χ1v) is 9.67. The molecule has 2 N–H and O–H groups in total. The van der Waals surface area contributed by atoms with Crippen molar-refractivity contribution in [2.45, 2.75) is 12.6 Å². The molecule has 1 aromatic carbocycles. The summed E-state index contributed by atoms with van der Waals surface area (Å²) < 4.78 is 7.85. The molecule has 5 rings (SSSR count). The van der Waals surface area contributed by atoms with Gasteiger partial charge in [-0.25, -0.2) is 15.0 Å². The molecule has 7 nitrogen and oxygen atoms in total. The lowest BCUT2D eigenvalue weighted by Crippen LogP contribution is -2.50. The highest BCUT2D eigenvalue weighted by Crippen LogP contribution is 2.25. The van der Waals surface area contributed by atoms with E-state index in [1.807, 2.05) is 42.5 Å². The van der Waals surface area contributed by atoms with Gasteiger partial charge in [0.05, 0.1) is 18.2 Å². The molecule has 7 heteroatoms. The van der Waals surface area contributed by atoms with Gasteiger partial charge in [0, 0.05) is 56.1 Å². The van der Waals surface area contributed by atoms with Crippen LogP contribution in [-0.2, 0) is 13.6 Å². The van der Waals surface area contributed by atoms with Crippen LogP contribution in [0.25, 0.3) is 22.0 Å². The topological polar surface area (TPSA) is 76.9 Å². The van der Waals surface area contributed by atoms with Crippen molar-refractivity contribution in [3.05, 3.63) is 66.9 Å². The number of pyridine rings is 2. The highest BCUT2D eigenvalue weighted by Gasteiger charge is 2.18. The Labute approximate surface area is 168 Å². The lowest BCUT2D eigenvalue weighted by molar-refractivity contribution is 0.136. The number of hydrogen-bond acceptors (Lipinski definition) is 6. The van der Waals surface area contributed by atoms with Crippen molar-refractivity contribution in [3.63, 3.8) is 0 Å². The Morgan fingerprint density at radius 2 is 2.03 bits per heavy atom. The van der Waals surface area contributed by atoms with E-state index in [1.54, 1.807) is 6.20 Å². The SMILES string of the molecule is Cn1cncc1-c1ccc2cnc(NCc3ccnc(OC4CNC4)c3)cc2c1. The molecule has 0 atom stereocenters. The minimum Gasteiger partial charge on any atom is -0.472 e. The number of ether oxygens (including phenoxy) is 1. The summed E-state index contributed by atoms with van der Waals surface area (Å²) in [6, 6.07) is 12.4. The molecule has 1 aliphatic heterocycles. The van der Waals surface area contributed by atoms with Gasteiger partial charge >= 0.3 is 0 Å². The average molecular weight is 386 g/mol. The van der Waals surface area contributed by atoms with Gasteiger partial charge in [-0.05, 0) is 29.1 Å². The highest BCUT2D eigenvalue weighted by atomic mass is 16.5. The van der Waals surface area contributed by atoms with Crippen LogP contribution in [0, 0.1) is 0 Å². The first-order chi connectivity index (χ1) is 14.2. The van der Waals surface area contributed by atoms with Gasteiger partial charge in [0.25, 0.3) is 0 Å². The van der Waals surface area contributed by atoms with E-state index in [-0.39, 0.29) is 6.10 Å². The molecule has 4 aromatic rings. The van der Waals surface area contributed by atoms with Crippen LogP contribution in [0.3, 0.4) is 0 Å². The number of aromatic nitrogens is 4. The maximum Gasteiger partial charge on any atom is 0.213 e. The second kappa shape index (κ2) is 7.52. The molecule has 29 heavy (non-hydrogen) atoms. The summed E-state index contributed by atoms with van der Waals surface area (Å²) in [5.74, 6) is 1.50. The second-order valence-electron chi connectivity index (χ2n) is 7.28. The first-order valence-electron chi connectivity index (χ1n) is 9.67. The van der Waals surface area contributed by atoms with Crippen molar-refractivity contribution in [2.75, 3.05) is 18.4 Å². The Balaban J connectivity index is 1.32. The molecular weight excluding hydrogens is 364 g/mol. The van der Waals surface area contributed by atoms with Gasteiger partial charge in [-0.2, -0.15) is 0 Å². The molecular formula is C22H22N6O. The number of benzene rings is 1. The van der Waals surface area contributed by atoms with Gasteiger partial charge in [-0.3, -0.25) is 0 Å². The lowest BCUT2D eigenvalue weighted by atomic mass is 10.1. The Morgan fingerprint density at radius 1 is 1.10 bits per heavy atom. The average Bonchev–Trinajstić information content (AvgIpc) is 3.15. The van der Waals surface area contributed by atoms with Gasteiger partial charge in [0.2, 0.25) is 5.88 Å². The van der Waals surface area contributed by atoms with Gasteiger partial charge in [0.1, 0.15) is 11.9 Å². The molecule has 146 valence electrons. The Bertz CT molecular complexity index is 1150. The first kappa shape index (κ1) is 17.6. The van der Waals surface area contributed by atoms with Crippen molar-refractivity contribution >= 4 is 16.6 Å². The minimum absolute atomic E-state index is 0.224. The van der Waals surface area contributed by atoms with E-state index in [0.29, 0.717) is 12.4 Å². The molecule has 4 heterocycles. The van der Waals surface area contributed by atoms with Gasteiger partial charge in [-0.1, -0.05) is 12.1 Å². The van der Waals surface area contributed by atoms with Crippen molar-refractivity contribution in [2.24, 2.45) is 7.05 Å². The number of hydrogen-bond donors (Lipinski definition) is 2. The van der Waals surface area contributed by atoms with Crippen molar-refractivity contribution in [1.29, 1.82) is 0 Å². The Hall–Kier alpha value is -3.45. The quantitative estimate of drug-likeness (QED) is 0.531. The lowest BCUT2D eigenvalue weighted by Gasteiger charge is -2.27. The smallest absolute Gasteiger partial charge is 0.213 e. The summed E-state index contributed by atoms with van der Waals surface area (Å²) in [6.45, 7) is 2.42. The van der Waals surface area contributed by atoms with Crippen LogP contribution in [0.4, 0.5) is 5.82 Å². The van der Waals surface area contributed by atoms with Gasteiger partial charge in [-0.15, -0.1) is 0 Å². The van der Waals surface area contributed by atoms with E-state index in [4.69, 9.17) is 4.74 Å². The molecule has 0 bridgehead atoms. The summed E-state index contributed by atoms with van der Waals surface area (Å²) >= 11 is 0. The Morgan fingerprint density at radius 3 is 2.83 bits per heavy atom. The summed E-state index contributed by atoms with van der Waals surface area (Å²) in [4.78, 5) is 13.1. The zero-order chi connectivity index (χ0) is 19.6. The van der Waals surface area contributed by atoms with E-state index in [9.17, 15) is 0 Å². The van der Waals surface area contributed by atoms with Crippen molar-refractivity contribution in [1.82, 2.24) is 24.8 Å². The standard InChI is InChI=1S/C22H22N6O/c1-28-14-24-13-20(28)16-2-3-17-10-27-21(8-18(17)7-16)26-9-15-4-5-25-22(6-15)29-19-11-23-12-19/h2-8,10,13-14,19,23H,9,11-12H2,1H3,(H,26,27). The number of nitrogens with one attached hydrogen (secondary N) is 2. The molecule has 1 aliphatic rings. The van der Waals surface area contributed by atoms with Crippen LogP contribution in [0.5, 0.6) is 5.88 Å². The molecule has 0 amide bonds. The maximum absolute atomic E-state index is 5.83. The fourth-order valence-electron chi connectivity index (χ4n) is 3.37. The second-order valence-corrected chi connectivity index (χ2v) is 7.28. The summed E-state index contributed by atoms with van der Waals surface area (Å²) in [6.07, 6.45) is 7.60. The van der Waals surface area contributed by atoms with Crippen LogP contribution >= 0.6 is 0 Å². The number of anilines is 1. The van der Waals surface area contributed by atoms with Crippen molar-refractivity contribution < 1.29 is 4.74 Å². The minimum atomic E-state index is 0.224. The van der Waals surface area contributed by atoms with E-state index < -0.39 is 0 Å². The molecule has 1 saturated heterocycles. The number of nitrogens with zero attached hydrogens (tertiary/aromatic N) is 4. The Kier molecular flexibility index (Phi) is 4.57. The zero-order valence-electron chi connectivity index (χ0n) is 16.2. The molecule has 0 saturated carbocycles. The fraction of sp³-hybridized carbons (Fsp3) is 0.227. The number of fused-ring (bicyclic) bond motifs is 1. The predicted molar refractivity (Wildman–Crippen MR) is 113 cm³/mol. The number of rotatable bonds is 6. The molecule has 0 radical (unpaired) electrons. The summed E-state index contributed by atoms with van der Waals surface area (Å²) in [7, 11) is 2.00. The predicted octanol–water partition coefficient (Wildman–Crippen LogP) is 2.99. The third-order valence-corrected chi connectivity index (χ3v) is 5.14. The van der Waals surface area contributed by atoms with E-state index in [1.165, 1.54) is 0 Å². The molecule has 1 fully saturated rings. The normalized spacial score (nSPS) is 14.0. The largest absolute Gasteiger partial charge is 0.472 e. The maximum atomic E-state index is 5.83. The summed E-state index contributed by atoms with van der Waals surface area (Å²) in [5.41, 5.74) is 3.33. The third kappa shape index (κ3) is 3.77.